The molecule has 4 atom stereocenters. The average Bonchev–Trinajstić information content (AvgIpc) is 3.73. The van der Waals surface area contributed by atoms with Crippen molar-refractivity contribution in [1.29, 1.82) is 0 Å². The number of benzene rings is 1. The van der Waals surface area contributed by atoms with Gasteiger partial charge >= 0.3 is 0 Å². The smallest absolute Gasteiger partial charge is 0.250 e. The Morgan fingerprint density at radius 1 is 1.08 bits per heavy atom. The Bertz CT molecular complexity index is 1300. The lowest BCUT2D eigenvalue weighted by Crippen LogP contribution is -2.56. The van der Waals surface area contributed by atoms with Crippen molar-refractivity contribution >= 4 is 5.82 Å². The van der Waals surface area contributed by atoms with Crippen molar-refractivity contribution in [2.24, 2.45) is 11.3 Å². The molecule has 3 aromatic rings. The number of hydrogen-bond acceptors (Lipinski definition) is 7. The molecule has 6 rings (SSSR count). The highest BCUT2D eigenvalue weighted by molar-refractivity contribution is 5.72. The van der Waals surface area contributed by atoms with Crippen LogP contribution in [-0.4, -0.2) is 50.6 Å². The van der Waals surface area contributed by atoms with Gasteiger partial charge in [-0.2, -0.15) is 0 Å². The van der Waals surface area contributed by atoms with Gasteiger partial charge in [0.15, 0.2) is 17.5 Å². The summed E-state index contributed by atoms with van der Waals surface area (Å²) < 4.78 is 34.8. The molecule has 3 aliphatic carbocycles. The van der Waals surface area contributed by atoms with Gasteiger partial charge in [0, 0.05) is 23.2 Å². The van der Waals surface area contributed by atoms with Gasteiger partial charge in [-0.15, -0.1) is 10.2 Å². The summed E-state index contributed by atoms with van der Waals surface area (Å²) in [6.07, 6.45) is 9.32. The largest absolute Gasteiger partial charge is 0.507 e. The minimum absolute atomic E-state index is 0.0563. The van der Waals surface area contributed by atoms with E-state index in [-0.39, 0.29) is 35.0 Å². The molecule has 37 heavy (non-hydrogen) atoms. The lowest BCUT2D eigenvalue weighted by molar-refractivity contribution is -0.0125. The highest BCUT2D eigenvalue weighted by atomic mass is 19.1. The zero-order valence-corrected chi connectivity index (χ0v) is 21.1. The van der Waals surface area contributed by atoms with Crippen molar-refractivity contribution in [1.82, 2.24) is 20.2 Å². The SMILES string of the molecule is COc1ncc(-c2ccc(-c3ncc(N(C4CC4)[C@@H]4C[C@H]5CCC[C@](C)(C5)[C@@H]4F)nn3)c(O)c2)cc1F. The molecule has 2 aromatic heterocycles. The molecule has 2 bridgehead atoms. The quantitative estimate of drug-likeness (QED) is 0.456. The summed E-state index contributed by atoms with van der Waals surface area (Å²) in [5, 5.41) is 19.5. The van der Waals surface area contributed by atoms with E-state index >= 15 is 4.39 Å². The predicted molar refractivity (Wildman–Crippen MR) is 136 cm³/mol. The van der Waals surface area contributed by atoms with Crippen LogP contribution in [0.2, 0.25) is 0 Å². The third-order valence-corrected chi connectivity index (χ3v) is 8.38. The molecule has 1 N–H and O–H groups in total. The van der Waals surface area contributed by atoms with Gasteiger partial charge in [-0.05, 0) is 61.8 Å². The van der Waals surface area contributed by atoms with Crippen LogP contribution in [0.25, 0.3) is 22.5 Å². The number of pyridine rings is 1. The molecule has 3 fully saturated rings. The van der Waals surface area contributed by atoms with E-state index in [4.69, 9.17) is 4.74 Å². The number of phenolic OH excluding ortho intramolecular Hbond substituents is 1. The average molecular weight is 508 g/mol. The molecular formula is C28H31F2N5O2. The molecule has 0 spiro atoms. The Hall–Kier alpha value is -3.36. The van der Waals surface area contributed by atoms with E-state index in [2.05, 4.69) is 32.0 Å². The Balaban J connectivity index is 1.26. The number of hydrogen-bond donors (Lipinski definition) is 1. The third kappa shape index (κ3) is 4.38. The zero-order chi connectivity index (χ0) is 25.7. The first-order chi connectivity index (χ1) is 17.9. The second-order valence-corrected chi connectivity index (χ2v) is 11.0. The first kappa shape index (κ1) is 24.0. The minimum atomic E-state index is -0.903. The Morgan fingerprint density at radius 2 is 1.92 bits per heavy atom. The van der Waals surface area contributed by atoms with Crippen LogP contribution in [0.3, 0.4) is 0 Å². The highest BCUT2D eigenvalue weighted by Gasteiger charge is 2.52. The number of aromatic hydroxyl groups is 1. The summed E-state index contributed by atoms with van der Waals surface area (Å²) in [7, 11) is 1.35. The van der Waals surface area contributed by atoms with Gasteiger partial charge in [-0.3, -0.25) is 0 Å². The van der Waals surface area contributed by atoms with E-state index in [9.17, 15) is 9.50 Å². The van der Waals surface area contributed by atoms with Crippen LogP contribution in [0.5, 0.6) is 11.6 Å². The van der Waals surface area contributed by atoms with Gasteiger partial charge in [-0.25, -0.2) is 18.7 Å². The minimum Gasteiger partial charge on any atom is -0.507 e. The molecule has 194 valence electrons. The number of halogens is 2. The summed E-state index contributed by atoms with van der Waals surface area (Å²) in [5.74, 6) is 0.693. The van der Waals surface area contributed by atoms with Crippen molar-refractivity contribution in [3.63, 3.8) is 0 Å². The number of anilines is 1. The summed E-state index contributed by atoms with van der Waals surface area (Å²) in [6.45, 7) is 2.11. The topological polar surface area (TPSA) is 84.3 Å². The standard InChI is InChI=1S/C28H31F2N5O2/c1-28-9-3-4-16(13-28)10-22(25(28)30)35(19-6-7-19)24-15-31-26(34-33-24)20-8-5-17(12-23(20)36)18-11-21(29)27(37-2)32-14-18/h5,8,11-12,14-16,19,22,25,36H,3-4,6-7,9-10,13H2,1-2H3/t16-,22-,25-,28-/m1/s1. The van der Waals surface area contributed by atoms with Gasteiger partial charge in [-0.1, -0.05) is 25.8 Å². The number of nitrogens with zero attached hydrogens (tertiary/aromatic N) is 5. The van der Waals surface area contributed by atoms with Crippen molar-refractivity contribution in [3.05, 3.63) is 42.5 Å². The normalized spacial score (nSPS) is 27.1. The maximum atomic E-state index is 15.9. The summed E-state index contributed by atoms with van der Waals surface area (Å²) in [4.78, 5) is 10.6. The zero-order valence-electron chi connectivity index (χ0n) is 21.1. The number of methoxy groups -OCH3 is 1. The van der Waals surface area contributed by atoms with Crippen LogP contribution in [0.15, 0.2) is 36.7 Å². The van der Waals surface area contributed by atoms with Crippen molar-refractivity contribution in [3.8, 4) is 34.1 Å². The molecule has 7 nitrogen and oxygen atoms in total. The van der Waals surface area contributed by atoms with Gasteiger partial charge in [0.25, 0.3) is 0 Å². The fourth-order valence-corrected chi connectivity index (χ4v) is 6.41. The second-order valence-electron chi connectivity index (χ2n) is 11.0. The first-order valence-electron chi connectivity index (χ1n) is 13.0. The monoisotopic (exact) mass is 507 g/mol. The summed E-state index contributed by atoms with van der Waals surface area (Å²) in [5.41, 5.74) is 1.23. The number of fused-ring (bicyclic) bond motifs is 2. The fraction of sp³-hybridized carbons (Fsp3) is 0.500. The van der Waals surface area contributed by atoms with Crippen LogP contribution in [-0.2, 0) is 0 Å². The van der Waals surface area contributed by atoms with E-state index in [0.717, 1.165) is 38.5 Å². The molecular weight excluding hydrogens is 476 g/mol. The van der Waals surface area contributed by atoms with E-state index in [1.54, 1.807) is 18.3 Å². The van der Waals surface area contributed by atoms with E-state index in [1.807, 2.05) is 0 Å². The van der Waals surface area contributed by atoms with Crippen LogP contribution in [0, 0.1) is 17.2 Å². The van der Waals surface area contributed by atoms with E-state index in [1.165, 1.54) is 31.9 Å². The second kappa shape index (κ2) is 9.19. The van der Waals surface area contributed by atoms with Gasteiger partial charge in [0.05, 0.1) is 24.9 Å². The number of phenols is 1. The van der Waals surface area contributed by atoms with Crippen molar-refractivity contribution in [2.75, 3.05) is 12.0 Å². The molecule has 9 heteroatoms. The number of aromatic nitrogens is 4. The first-order valence-corrected chi connectivity index (χ1v) is 13.0. The van der Waals surface area contributed by atoms with Crippen LogP contribution in [0.1, 0.15) is 51.9 Å². The number of ether oxygens (including phenoxy) is 1. The van der Waals surface area contributed by atoms with Crippen LogP contribution in [0.4, 0.5) is 14.6 Å². The molecule has 0 aliphatic heterocycles. The van der Waals surface area contributed by atoms with Gasteiger partial charge in [0.1, 0.15) is 11.9 Å². The highest BCUT2D eigenvalue weighted by Crippen LogP contribution is 2.52. The molecule has 3 saturated carbocycles. The summed E-state index contributed by atoms with van der Waals surface area (Å²) >= 11 is 0. The molecule has 0 amide bonds. The van der Waals surface area contributed by atoms with E-state index in [0.29, 0.717) is 28.4 Å². The molecule has 0 radical (unpaired) electrons. The predicted octanol–water partition coefficient (Wildman–Crippen LogP) is 5.73. The molecule has 2 heterocycles. The van der Waals surface area contributed by atoms with Crippen LogP contribution >= 0.6 is 0 Å². The van der Waals surface area contributed by atoms with Gasteiger partial charge < -0.3 is 14.7 Å². The fourth-order valence-electron chi connectivity index (χ4n) is 6.41. The Kier molecular flexibility index (Phi) is 5.96. The van der Waals surface area contributed by atoms with E-state index < -0.39 is 12.0 Å². The number of rotatable bonds is 6. The van der Waals surface area contributed by atoms with Crippen molar-refractivity contribution in [2.45, 2.75) is 70.1 Å². The lowest BCUT2D eigenvalue weighted by Gasteiger charge is -2.52. The lowest BCUT2D eigenvalue weighted by atomic mass is 9.60. The molecule has 1 aromatic carbocycles. The van der Waals surface area contributed by atoms with Crippen molar-refractivity contribution < 1.29 is 18.6 Å². The van der Waals surface area contributed by atoms with Crippen LogP contribution < -0.4 is 9.64 Å². The third-order valence-electron chi connectivity index (χ3n) is 8.38. The molecule has 0 saturated heterocycles. The summed E-state index contributed by atoms with van der Waals surface area (Å²) in [6, 6.07) is 6.30. The van der Waals surface area contributed by atoms with Gasteiger partial charge in [0.2, 0.25) is 5.88 Å². The Morgan fingerprint density at radius 3 is 2.59 bits per heavy atom. The Labute approximate surface area is 214 Å². The number of alkyl halides is 1. The maximum Gasteiger partial charge on any atom is 0.250 e. The molecule has 0 unspecified atom stereocenters. The maximum absolute atomic E-state index is 15.9. The molecule has 3 aliphatic rings.